The fourth-order valence-corrected chi connectivity index (χ4v) is 4.93. The van der Waals surface area contributed by atoms with Crippen LogP contribution in [0.25, 0.3) is 11.4 Å². The first-order valence-corrected chi connectivity index (χ1v) is 11.1. The van der Waals surface area contributed by atoms with Crippen molar-refractivity contribution in [2.75, 3.05) is 19.5 Å². The summed E-state index contributed by atoms with van der Waals surface area (Å²) < 4.78 is 7.20. The minimum absolute atomic E-state index is 0.109. The average molecular weight is 436 g/mol. The molecule has 0 saturated carbocycles. The van der Waals surface area contributed by atoms with E-state index in [9.17, 15) is 4.79 Å². The highest BCUT2D eigenvalue weighted by molar-refractivity contribution is 7.99. The van der Waals surface area contributed by atoms with Crippen LogP contribution in [0.1, 0.15) is 26.5 Å². The molecule has 0 amide bonds. The van der Waals surface area contributed by atoms with E-state index in [4.69, 9.17) is 16.3 Å². The Labute approximate surface area is 178 Å². The van der Waals surface area contributed by atoms with Gasteiger partial charge in [-0.25, -0.2) is 0 Å². The van der Waals surface area contributed by atoms with Crippen molar-refractivity contribution in [1.82, 2.24) is 14.8 Å². The fourth-order valence-electron chi connectivity index (χ4n) is 2.92. The zero-order valence-electron chi connectivity index (χ0n) is 16.1. The van der Waals surface area contributed by atoms with E-state index in [2.05, 4.69) is 10.2 Å². The van der Waals surface area contributed by atoms with Crippen LogP contribution in [-0.2, 0) is 11.3 Å². The number of nitrogens with zero attached hydrogens (tertiary/aromatic N) is 3. The van der Waals surface area contributed by atoms with E-state index in [-0.39, 0.29) is 5.78 Å². The quantitative estimate of drug-likeness (QED) is 0.259. The van der Waals surface area contributed by atoms with Gasteiger partial charge in [-0.15, -0.1) is 21.5 Å². The van der Waals surface area contributed by atoms with Gasteiger partial charge < -0.3 is 9.30 Å². The molecule has 0 unspecified atom stereocenters. The number of ketones is 1. The molecule has 0 aliphatic rings. The smallest absolute Gasteiger partial charge is 0.191 e. The molecule has 0 N–H and O–H groups in total. The molecule has 0 radical (unpaired) electrons. The maximum atomic E-state index is 12.6. The second kappa shape index (κ2) is 9.69. The summed E-state index contributed by atoms with van der Waals surface area (Å²) in [6, 6.07) is 9.53. The molecule has 3 aromatic rings. The van der Waals surface area contributed by atoms with Gasteiger partial charge in [0.05, 0.1) is 10.8 Å². The third-order valence-electron chi connectivity index (χ3n) is 4.24. The van der Waals surface area contributed by atoms with E-state index in [1.54, 1.807) is 18.4 Å². The monoisotopic (exact) mass is 435 g/mol. The predicted molar refractivity (Wildman–Crippen MR) is 116 cm³/mol. The van der Waals surface area contributed by atoms with Gasteiger partial charge in [-0.3, -0.25) is 4.79 Å². The van der Waals surface area contributed by atoms with Crippen LogP contribution in [0.3, 0.4) is 0 Å². The van der Waals surface area contributed by atoms with E-state index >= 15 is 0 Å². The molecule has 3 rings (SSSR count). The highest BCUT2D eigenvalue weighted by atomic mass is 35.5. The van der Waals surface area contributed by atoms with Gasteiger partial charge in [0.25, 0.3) is 0 Å². The standard InChI is InChI=1S/C20H22ClN3O2S2/c1-13-11-16(14(2)28-13)18(25)12-27-20-23-22-19(24(20)9-6-10-26-3)15-7-4-5-8-17(15)21/h4-5,7-8,11H,6,9-10,12H2,1-3H3. The molecule has 0 spiro atoms. The van der Waals surface area contributed by atoms with Crippen molar-refractivity contribution in [3.05, 3.63) is 50.7 Å². The van der Waals surface area contributed by atoms with Crippen LogP contribution in [0.2, 0.25) is 5.02 Å². The largest absolute Gasteiger partial charge is 0.385 e. The molecule has 148 valence electrons. The van der Waals surface area contributed by atoms with Crippen molar-refractivity contribution >= 4 is 40.5 Å². The molecular formula is C20H22ClN3O2S2. The van der Waals surface area contributed by atoms with E-state index in [1.807, 2.05) is 48.7 Å². The number of aryl methyl sites for hydroxylation is 2. The van der Waals surface area contributed by atoms with Gasteiger partial charge in [-0.2, -0.15) is 0 Å². The maximum absolute atomic E-state index is 12.6. The number of carbonyl (C=O) groups excluding carboxylic acids is 1. The number of halogens is 1. The minimum Gasteiger partial charge on any atom is -0.385 e. The Balaban J connectivity index is 1.83. The van der Waals surface area contributed by atoms with Crippen LogP contribution in [0, 0.1) is 13.8 Å². The van der Waals surface area contributed by atoms with Gasteiger partial charge in [0.2, 0.25) is 0 Å². The minimum atomic E-state index is 0.109. The van der Waals surface area contributed by atoms with Crippen LogP contribution in [0.5, 0.6) is 0 Å². The lowest BCUT2D eigenvalue weighted by Crippen LogP contribution is -2.08. The normalized spacial score (nSPS) is 11.1. The summed E-state index contributed by atoms with van der Waals surface area (Å²) in [4.78, 5) is 14.8. The molecule has 0 saturated heterocycles. The van der Waals surface area contributed by atoms with Crippen molar-refractivity contribution in [3.8, 4) is 11.4 Å². The lowest BCUT2D eigenvalue weighted by Gasteiger charge is -2.10. The van der Waals surface area contributed by atoms with Gasteiger partial charge in [0, 0.05) is 41.1 Å². The molecule has 8 heteroatoms. The van der Waals surface area contributed by atoms with Crippen molar-refractivity contribution < 1.29 is 9.53 Å². The first-order chi connectivity index (χ1) is 13.5. The zero-order valence-corrected chi connectivity index (χ0v) is 18.5. The molecular weight excluding hydrogens is 414 g/mol. The number of hydrogen-bond donors (Lipinski definition) is 0. The fraction of sp³-hybridized carbons (Fsp3) is 0.350. The summed E-state index contributed by atoms with van der Waals surface area (Å²) in [5.41, 5.74) is 1.63. The molecule has 0 aliphatic carbocycles. The zero-order chi connectivity index (χ0) is 20.1. The first kappa shape index (κ1) is 21.0. The number of methoxy groups -OCH3 is 1. The van der Waals surface area contributed by atoms with Crippen LogP contribution in [-0.4, -0.2) is 40.0 Å². The van der Waals surface area contributed by atoms with Gasteiger partial charge in [0.1, 0.15) is 0 Å². The van der Waals surface area contributed by atoms with Gasteiger partial charge >= 0.3 is 0 Å². The highest BCUT2D eigenvalue weighted by Crippen LogP contribution is 2.30. The third-order valence-corrected chi connectivity index (χ3v) is 6.50. The molecule has 2 heterocycles. The molecule has 2 aromatic heterocycles. The van der Waals surface area contributed by atoms with Gasteiger partial charge in [-0.1, -0.05) is 35.5 Å². The highest BCUT2D eigenvalue weighted by Gasteiger charge is 2.19. The Bertz CT molecular complexity index is 968. The summed E-state index contributed by atoms with van der Waals surface area (Å²) >= 11 is 9.42. The summed E-state index contributed by atoms with van der Waals surface area (Å²) in [6.45, 7) is 5.33. The first-order valence-electron chi connectivity index (χ1n) is 8.91. The van der Waals surface area contributed by atoms with Crippen molar-refractivity contribution in [2.24, 2.45) is 0 Å². The van der Waals surface area contributed by atoms with E-state index in [0.717, 1.165) is 27.3 Å². The van der Waals surface area contributed by atoms with E-state index < -0.39 is 0 Å². The number of rotatable bonds is 9. The van der Waals surface area contributed by atoms with Crippen LogP contribution in [0.15, 0.2) is 35.5 Å². The Morgan fingerprint density at radius 2 is 2.07 bits per heavy atom. The number of aromatic nitrogens is 3. The second-order valence-electron chi connectivity index (χ2n) is 6.32. The molecule has 0 fully saturated rings. The number of benzene rings is 1. The summed E-state index contributed by atoms with van der Waals surface area (Å²) in [5, 5.41) is 10.0. The van der Waals surface area contributed by atoms with Gasteiger partial charge in [0.15, 0.2) is 16.8 Å². The van der Waals surface area contributed by atoms with Gasteiger partial charge in [-0.05, 0) is 38.5 Å². The average Bonchev–Trinajstić information content (AvgIpc) is 3.23. The lowest BCUT2D eigenvalue weighted by molar-refractivity contribution is 0.102. The van der Waals surface area contributed by atoms with E-state index in [1.165, 1.54) is 11.8 Å². The topological polar surface area (TPSA) is 57.0 Å². The van der Waals surface area contributed by atoms with Crippen molar-refractivity contribution in [1.29, 1.82) is 0 Å². The Hall–Kier alpha value is -1.67. The molecule has 0 atom stereocenters. The number of Topliss-reactive ketones (excluding diaryl/α,β-unsaturated/α-hetero) is 1. The molecule has 28 heavy (non-hydrogen) atoms. The summed E-state index contributed by atoms with van der Waals surface area (Å²) in [5.74, 6) is 1.14. The van der Waals surface area contributed by atoms with Crippen LogP contribution >= 0.6 is 34.7 Å². The number of carbonyl (C=O) groups is 1. The number of thioether (sulfide) groups is 1. The number of ether oxygens (including phenoxy) is 1. The Kier molecular flexibility index (Phi) is 7.29. The maximum Gasteiger partial charge on any atom is 0.191 e. The van der Waals surface area contributed by atoms with E-state index in [0.29, 0.717) is 34.9 Å². The molecule has 5 nitrogen and oxygen atoms in total. The molecule has 0 bridgehead atoms. The Morgan fingerprint density at radius 3 is 2.75 bits per heavy atom. The van der Waals surface area contributed by atoms with Crippen molar-refractivity contribution in [3.63, 3.8) is 0 Å². The van der Waals surface area contributed by atoms with Crippen molar-refractivity contribution in [2.45, 2.75) is 32.0 Å². The Morgan fingerprint density at radius 1 is 1.29 bits per heavy atom. The summed E-state index contributed by atoms with van der Waals surface area (Å²) in [7, 11) is 1.68. The summed E-state index contributed by atoms with van der Waals surface area (Å²) in [6.07, 6.45) is 0.816. The lowest BCUT2D eigenvalue weighted by atomic mass is 10.2. The predicted octanol–water partition coefficient (Wildman–Crippen LogP) is 5.29. The molecule has 1 aromatic carbocycles. The van der Waals surface area contributed by atoms with Crippen LogP contribution in [0.4, 0.5) is 0 Å². The number of hydrogen-bond acceptors (Lipinski definition) is 6. The number of thiophene rings is 1. The SMILES string of the molecule is COCCCn1c(SCC(=O)c2cc(C)sc2C)nnc1-c1ccccc1Cl. The third kappa shape index (κ3) is 4.84. The van der Waals surface area contributed by atoms with Crippen LogP contribution < -0.4 is 0 Å². The molecule has 0 aliphatic heterocycles. The second-order valence-corrected chi connectivity index (χ2v) is 9.13.